The van der Waals surface area contributed by atoms with E-state index in [4.69, 9.17) is 14.2 Å². The maximum Gasteiger partial charge on any atom is 0.257 e. The smallest absolute Gasteiger partial charge is 0.257 e. The van der Waals surface area contributed by atoms with Crippen molar-refractivity contribution in [1.29, 1.82) is 0 Å². The lowest BCUT2D eigenvalue weighted by atomic mass is 10.1. The van der Waals surface area contributed by atoms with Gasteiger partial charge < -0.3 is 19.1 Å². The summed E-state index contributed by atoms with van der Waals surface area (Å²) in [5.41, 5.74) is 2.49. The highest BCUT2D eigenvalue weighted by molar-refractivity contribution is 5.97. The van der Waals surface area contributed by atoms with E-state index in [9.17, 15) is 4.79 Å². The van der Waals surface area contributed by atoms with Crippen molar-refractivity contribution in [3.63, 3.8) is 0 Å². The Bertz CT molecular complexity index is 786. The summed E-state index contributed by atoms with van der Waals surface area (Å²) in [5.74, 6) is 1.27. The molecule has 2 heterocycles. The van der Waals surface area contributed by atoms with Gasteiger partial charge in [0.1, 0.15) is 11.5 Å². The number of rotatable bonds is 8. The standard InChI is InChI=1S/C22H28N2O4/c1-16-13-20(21(27-3)14-23-16)22(25)24(15-19-5-4-12-28-19)11-10-17-6-8-18(26-2)9-7-17/h6-9,13-14,19H,4-5,10-12,15H2,1-3H3. The Morgan fingerprint density at radius 2 is 2.04 bits per heavy atom. The van der Waals surface area contributed by atoms with Crippen LogP contribution in [0.15, 0.2) is 36.5 Å². The first kappa shape index (κ1) is 20.1. The van der Waals surface area contributed by atoms with Gasteiger partial charge in [0.15, 0.2) is 0 Å². The van der Waals surface area contributed by atoms with E-state index in [-0.39, 0.29) is 12.0 Å². The molecule has 6 heteroatoms. The molecule has 2 aromatic rings. The number of aromatic nitrogens is 1. The molecule has 1 fully saturated rings. The molecule has 0 aliphatic carbocycles. The molecule has 150 valence electrons. The van der Waals surface area contributed by atoms with E-state index >= 15 is 0 Å². The van der Waals surface area contributed by atoms with Gasteiger partial charge in [-0.05, 0) is 49.9 Å². The average molecular weight is 384 g/mol. The molecule has 1 saturated heterocycles. The number of amides is 1. The summed E-state index contributed by atoms with van der Waals surface area (Å²) < 4.78 is 16.4. The zero-order valence-corrected chi connectivity index (χ0v) is 16.8. The van der Waals surface area contributed by atoms with Crippen LogP contribution < -0.4 is 9.47 Å². The maximum absolute atomic E-state index is 13.3. The zero-order chi connectivity index (χ0) is 19.9. The Labute approximate surface area is 166 Å². The van der Waals surface area contributed by atoms with Crippen molar-refractivity contribution in [2.75, 3.05) is 33.9 Å². The van der Waals surface area contributed by atoms with Crippen LogP contribution in [-0.2, 0) is 11.2 Å². The van der Waals surface area contributed by atoms with E-state index < -0.39 is 0 Å². The van der Waals surface area contributed by atoms with E-state index in [1.165, 1.54) is 0 Å². The molecule has 3 rings (SSSR count). The Balaban J connectivity index is 1.77. The van der Waals surface area contributed by atoms with E-state index in [0.717, 1.165) is 42.9 Å². The highest BCUT2D eigenvalue weighted by Crippen LogP contribution is 2.22. The second kappa shape index (κ2) is 9.55. The molecule has 0 spiro atoms. The molecule has 1 unspecified atom stereocenters. The monoisotopic (exact) mass is 384 g/mol. The summed E-state index contributed by atoms with van der Waals surface area (Å²) in [6.45, 7) is 3.83. The van der Waals surface area contributed by atoms with Gasteiger partial charge in [-0.3, -0.25) is 9.78 Å². The topological polar surface area (TPSA) is 60.9 Å². The highest BCUT2D eigenvalue weighted by atomic mass is 16.5. The summed E-state index contributed by atoms with van der Waals surface area (Å²) in [5, 5.41) is 0. The first-order valence-corrected chi connectivity index (χ1v) is 9.65. The number of pyridine rings is 1. The molecule has 1 aromatic carbocycles. The summed E-state index contributed by atoms with van der Waals surface area (Å²) in [7, 11) is 3.21. The van der Waals surface area contributed by atoms with E-state index in [2.05, 4.69) is 4.98 Å². The molecular formula is C22H28N2O4. The lowest BCUT2D eigenvalue weighted by Crippen LogP contribution is -2.39. The second-order valence-electron chi connectivity index (χ2n) is 7.01. The molecule has 0 N–H and O–H groups in total. The number of methoxy groups -OCH3 is 2. The van der Waals surface area contributed by atoms with Crippen LogP contribution in [0.25, 0.3) is 0 Å². The fourth-order valence-electron chi connectivity index (χ4n) is 3.41. The van der Waals surface area contributed by atoms with Gasteiger partial charge >= 0.3 is 0 Å². The van der Waals surface area contributed by atoms with Gasteiger partial charge in [0.25, 0.3) is 5.91 Å². The van der Waals surface area contributed by atoms with Crippen LogP contribution in [0.4, 0.5) is 0 Å². The van der Waals surface area contributed by atoms with Gasteiger partial charge in [0.05, 0.1) is 32.1 Å². The molecule has 1 aliphatic rings. The first-order valence-electron chi connectivity index (χ1n) is 9.65. The molecule has 1 amide bonds. The van der Waals surface area contributed by atoms with Crippen LogP contribution in [-0.4, -0.2) is 55.8 Å². The van der Waals surface area contributed by atoms with Gasteiger partial charge in [0, 0.05) is 25.4 Å². The number of hydrogen-bond acceptors (Lipinski definition) is 5. The number of ether oxygens (including phenoxy) is 3. The van der Waals surface area contributed by atoms with Gasteiger partial charge in [-0.15, -0.1) is 0 Å². The minimum absolute atomic E-state index is 0.0497. The van der Waals surface area contributed by atoms with Crippen LogP contribution in [0.1, 0.15) is 34.5 Å². The van der Waals surface area contributed by atoms with Crippen molar-refractivity contribution in [2.24, 2.45) is 0 Å². The number of aryl methyl sites for hydroxylation is 1. The first-order chi connectivity index (χ1) is 13.6. The largest absolute Gasteiger partial charge is 0.497 e. The minimum atomic E-state index is -0.0497. The van der Waals surface area contributed by atoms with E-state index in [0.29, 0.717) is 24.4 Å². The van der Waals surface area contributed by atoms with Crippen LogP contribution in [0.3, 0.4) is 0 Å². The Morgan fingerprint density at radius 3 is 2.68 bits per heavy atom. The third-order valence-corrected chi connectivity index (χ3v) is 5.02. The predicted molar refractivity (Wildman–Crippen MR) is 107 cm³/mol. The maximum atomic E-state index is 13.3. The third kappa shape index (κ3) is 5.01. The van der Waals surface area contributed by atoms with Crippen LogP contribution in [0, 0.1) is 6.92 Å². The quantitative estimate of drug-likeness (QED) is 0.699. The van der Waals surface area contributed by atoms with Crippen molar-refractivity contribution in [3.8, 4) is 11.5 Å². The van der Waals surface area contributed by atoms with Crippen molar-refractivity contribution < 1.29 is 19.0 Å². The number of hydrogen-bond donors (Lipinski definition) is 0. The Hall–Kier alpha value is -2.60. The molecule has 6 nitrogen and oxygen atoms in total. The number of benzene rings is 1. The molecule has 28 heavy (non-hydrogen) atoms. The molecule has 1 aromatic heterocycles. The van der Waals surface area contributed by atoms with E-state index in [1.54, 1.807) is 26.5 Å². The van der Waals surface area contributed by atoms with Crippen molar-refractivity contribution in [2.45, 2.75) is 32.3 Å². The fraction of sp³-hybridized carbons (Fsp3) is 0.455. The average Bonchev–Trinajstić information content (AvgIpc) is 3.24. The van der Waals surface area contributed by atoms with Crippen molar-refractivity contribution in [3.05, 3.63) is 53.3 Å². The SMILES string of the molecule is COc1ccc(CCN(CC2CCCO2)C(=O)c2cc(C)ncc2OC)cc1. The molecule has 1 aliphatic heterocycles. The summed E-state index contributed by atoms with van der Waals surface area (Å²) >= 11 is 0. The van der Waals surface area contributed by atoms with E-state index in [1.807, 2.05) is 36.1 Å². The molecule has 0 radical (unpaired) electrons. The molecule has 0 bridgehead atoms. The molecule has 0 saturated carbocycles. The second-order valence-corrected chi connectivity index (χ2v) is 7.01. The molecule has 1 atom stereocenters. The molecular weight excluding hydrogens is 356 g/mol. The lowest BCUT2D eigenvalue weighted by molar-refractivity contribution is 0.0526. The van der Waals surface area contributed by atoms with Crippen molar-refractivity contribution >= 4 is 5.91 Å². The summed E-state index contributed by atoms with van der Waals surface area (Å²) in [6.07, 6.45) is 4.49. The number of carbonyl (C=O) groups is 1. The number of nitrogens with zero attached hydrogens (tertiary/aromatic N) is 2. The summed E-state index contributed by atoms with van der Waals surface area (Å²) in [4.78, 5) is 19.4. The Morgan fingerprint density at radius 1 is 1.25 bits per heavy atom. The Kier molecular flexibility index (Phi) is 6.87. The van der Waals surface area contributed by atoms with Crippen molar-refractivity contribution in [1.82, 2.24) is 9.88 Å². The highest BCUT2D eigenvalue weighted by Gasteiger charge is 2.25. The van der Waals surface area contributed by atoms with Gasteiger partial charge in [-0.2, -0.15) is 0 Å². The van der Waals surface area contributed by atoms with Crippen LogP contribution >= 0.6 is 0 Å². The van der Waals surface area contributed by atoms with Gasteiger partial charge in [-0.25, -0.2) is 0 Å². The lowest BCUT2D eigenvalue weighted by Gasteiger charge is -2.26. The third-order valence-electron chi connectivity index (χ3n) is 5.02. The van der Waals surface area contributed by atoms with Gasteiger partial charge in [-0.1, -0.05) is 12.1 Å². The van der Waals surface area contributed by atoms with Crippen LogP contribution in [0.2, 0.25) is 0 Å². The van der Waals surface area contributed by atoms with Crippen LogP contribution in [0.5, 0.6) is 11.5 Å². The predicted octanol–water partition coefficient (Wildman–Crippen LogP) is 3.27. The fourth-order valence-corrected chi connectivity index (χ4v) is 3.41. The normalized spacial score (nSPS) is 16.0. The van der Waals surface area contributed by atoms with Gasteiger partial charge in [0.2, 0.25) is 0 Å². The summed E-state index contributed by atoms with van der Waals surface area (Å²) in [6, 6.07) is 9.74. The minimum Gasteiger partial charge on any atom is -0.497 e. The number of carbonyl (C=O) groups excluding carboxylic acids is 1. The zero-order valence-electron chi connectivity index (χ0n) is 16.8.